The molecule has 1 aromatic rings. The lowest BCUT2D eigenvalue weighted by molar-refractivity contribution is -0.143. The quantitative estimate of drug-likeness (QED) is 0.718. The minimum absolute atomic E-state index is 0.0321. The van der Waals surface area contributed by atoms with Crippen LogP contribution in [0.25, 0.3) is 0 Å². The van der Waals surface area contributed by atoms with Crippen molar-refractivity contribution in [3.8, 4) is 0 Å². The minimum atomic E-state index is -4.93. The second kappa shape index (κ2) is 4.78. The van der Waals surface area contributed by atoms with E-state index in [-0.39, 0.29) is 18.2 Å². The van der Waals surface area contributed by atoms with E-state index in [9.17, 15) is 31.1 Å². The minimum Gasteiger partial charge on any atom is -0.305 e. The molecule has 8 heteroatoms. The summed E-state index contributed by atoms with van der Waals surface area (Å²) in [5.41, 5.74) is -3.02. The Morgan fingerprint density at radius 1 is 0.952 bits per heavy atom. The van der Waals surface area contributed by atoms with Crippen LogP contribution in [-0.4, -0.2) is 12.5 Å². The molecule has 2 rings (SSSR count). The summed E-state index contributed by atoms with van der Waals surface area (Å²) in [5.74, 6) is -0.609. The van der Waals surface area contributed by atoms with Crippen molar-refractivity contribution in [1.29, 1.82) is 0 Å². The number of halogens is 6. The average molecular weight is 309 g/mol. The summed E-state index contributed by atoms with van der Waals surface area (Å²) in [4.78, 5) is 12.6. The van der Waals surface area contributed by atoms with E-state index in [0.29, 0.717) is 12.1 Å². The van der Waals surface area contributed by atoms with Crippen LogP contribution < -0.4 is 4.90 Å². The summed E-state index contributed by atoms with van der Waals surface area (Å²) < 4.78 is 76.3. The number of anilines is 1. The molecule has 1 aliphatic rings. The van der Waals surface area contributed by atoms with Crippen molar-refractivity contribution in [1.82, 2.24) is 0 Å². The molecule has 0 atom stereocenters. The second-order valence-electron chi connectivity index (χ2n) is 4.57. The van der Waals surface area contributed by atoms with Gasteiger partial charge in [0, 0.05) is 17.8 Å². The summed E-state index contributed by atoms with van der Waals surface area (Å²) in [6.07, 6.45) is -8.42. The highest BCUT2D eigenvalue weighted by Crippen LogP contribution is 2.39. The van der Waals surface area contributed by atoms with Gasteiger partial charge in [0.25, 0.3) is 5.91 Å². The predicted octanol–water partition coefficient (Wildman–Crippen LogP) is 4.02. The molecule has 0 aliphatic carbocycles. The van der Waals surface area contributed by atoms with E-state index in [1.807, 2.05) is 0 Å². The highest BCUT2D eigenvalue weighted by atomic mass is 19.4. The lowest BCUT2D eigenvalue weighted by atomic mass is 10.1. The Bertz CT molecular complexity index is 582. The van der Waals surface area contributed by atoms with E-state index in [1.54, 1.807) is 0 Å². The van der Waals surface area contributed by atoms with Crippen molar-refractivity contribution in [3.05, 3.63) is 41.0 Å². The SMILES string of the molecule is CC1=CCN(c2cc(C(F)(F)F)cc(C(F)(F)F)c2)C1=O. The van der Waals surface area contributed by atoms with Gasteiger partial charge in [-0.05, 0) is 25.1 Å². The molecule has 1 aromatic carbocycles. The smallest absolute Gasteiger partial charge is 0.305 e. The molecule has 0 saturated carbocycles. The molecule has 0 aromatic heterocycles. The first kappa shape index (κ1) is 15.4. The van der Waals surface area contributed by atoms with E-state index in [2.05, 4.69) is 0 Å². The van der Waals surface area contributed by atoms with Gasteiger partial charge in [0.05, 0.1) is 11.1 Å². The van der Waals surface area contributed by atoms with Gasteiger partial charge >= 0.3 is 12.4 Å². The van der Waals surface area contributed by atoms with Crippen LogP contribution in [0.3, 0.4) is 0 Å². The Morgan fingerprint density at radius 3 is 1.76 bits per heavy atom. The van der Waals surface area contributed by atoms with Crippen molar-refractivity contribution in [2.24, 2.45) is 0 Å². The van der Waals surface area contributed by atoms with Crippen LogP contribution in [0, 0.1) is 0 Å². The summed E-state index contributed by atoms with van der Waals surface area (Å²) >= 11 is 0. The first-order valence-corrected chi connectivity index (χ1v) is 5.78. The highest BCUT2D eigenvalue weighted by molar-refractivity contribution is 6.07. The first-order chi connectivity index (χ1) is 9.50. The third-order valence-electron chi connectivity index (χ3n) is 3.05. The molecule has 0 radical (unpaired) electrons. The summed E-state index contributed by atoms with van der Waals surface area (Å²) in [5, 5.41) is 0. The van der Waals surface area contributed by atoms with Gasteiger partial charge in [-0.2, -0.15) is 26.3 Å². The van der Waals surface area contributed by atoms with Crippen LogP contribution in [-0.2, 0) is 17.1 Å². The largest absolute Gasteiger partial charge is 0.416 e. The molecule has 114 valence electrons. The summed E-state index contributed by atoms with van der Waals surface area (Å²) in [6.45, 7) is 1.39. The van der Waals surface area contributed by atoms with Crippen molar-refractivity contribution < 1.29 is 31.1 Å². The number of benzene rings is 1. The molecule has 0 unspecified atom stereocenters. The van der Waals surface area contributed by atoms with Crippen LogP contribution in [0.5, 0.6) is 0 Å². The zero-order valence-electron chi connectivity index (χ0n) is 10.6. The maximum Gasteiger partial charge on any atom is 0.416 e. The molecule has 2 nitrogen and oxygen atoms in total. The predicted molar refractivity (Wildman–Crippen MR) is 62.6 cm³/mol. The van der Waals surface area contributed by atoms with Gasteiger partial charge in [-0.15, -0.1) is 0 Å². The van der Waals surface area contributed by atoms with Gasteiger partial charge in [0.1, 0.15) is 0 Å². The highest BCUT2D eigenvalue weighted by Gasteiger charge is 2.38. The number of hydrogen-bond acceptors (Lipinski definition) is 1. The van der Waals surface area contributed by atoms with Gasteiger partial charge in [-0.25, -0.2) is 0 Å². The third kappa shape index (κ3) is 3.03. The van der Waals surface area contributed by atoms with E-state index in [4.69, 9.17) is 0 Å². The van der Waals surface area contributed by atoms with Crippen LogP contribution in [0.1, 0.15) is 18.1 Å². The molecule has 1 heterocycles. The van der Waals surface area contributed by atoms with Crippen LogP contribution in [0.2, 0.25) is 0 Å². The zero-order chi connectivity index (χ0) is 16.0. The number of carbonyl (C=O) groups excluding carboxylic acids is 1. The number of amides is 1. The van der Waals surface area contributed by atoms with Crippen molar-refractivity contribution in [2.45, 2.75) is 19.3 Å². The van der Waals surface area contributed by atoms with Gasteiger partial charge in [-0.1, -0.05) is 6.08 Å². The normalized spacial score (nSPS) is 16.4. The van der Waals surface area contributed by atoms with Gasteiger partial charge < -0.3 is 4.90 Å². The second-order valence-corrected chi connectivity index (χ2v) is 4.57. The first-order valence-electron chi connectivity index (χ1n) is 5.78. The Morgan fingerprint density at radius 2 is 1.43 bits per heavy atom. The van der Waals surface area contributed by atoms with Crippen LogP contribution in [0.15, 0.2) is 29.8 Å². The molecule has 0 N–H and O–H groups in total. The Kier molecular flexibility index (Phi) is 3.51. The molecule has 1 aliphatic heterocycles. The van der Waals surface area contributed by atoms with E-state index in [1.165, 1.54) is 13.0 Å². The van der Waals surface area contributed by atoms with E-state index in [0.717, 1.165) is 4.90 Å². The zero-order valence-corrected chi connectivity index (χ0v) is 10.6. The molecular weight excluding hydrogens is 300 g/mol. The number of nitrogens with zero attached hydrogens (tertiary/aromatic N) is 1. The van der Waals surface area contributed by atoms with Gasteiger partial charge in [-0.3, -0.25) is 4.79 Å². The Balaban J connectivity index is 2.54. The van der Waals surface area contributed by atoms with Crippen molar-refractivity contribution in [2.75, 3.05) is 11.4 Å². The van der Waals surface area contributed by atoms with Gasteiger partial charge in [0.15, 0.2) is 0 Å². The third-order valence-corrected chi connectivity index (χ3v) is 3.05. The Hall–Kier alpha value is -1.99. The summed E-state index contributed by atoms with van der Waals surface area (Å²) in [7, 11) is 0. The number of carbonyl (C=O) groups is 1. The molecule has 0 bridgehead atoms. The lowest BCUT2D eigenvalue weighted by Gasteiger charge is -2.20. The standard InChI is InChI=1S/C13H9F6NO/c1-7-2-3-20(11(7)21)10-5-8(12(14,15)16)4-9(6-10)13(17,18)19/h2,4-6H,3H2,1H3. The molecule has 0 saturated heterocycles. The number of alkyl halides is 6. The molecule has 21 heavy (non-hydrogen) atoms. The number of hydrogen-bond donors (Lipinski definition) is 0. The van der Waals surface area contributed by atoms with Crippen LogP contribution in [0.4, 0.5) is 32.0 Å². The number of rotatable bonds is 1. The maximum atomic E-state index is 12.7. The molecule has 1 amide bonds. The Labute approximate surface area is 115 Å². The van der Waals surface area contributed by atoms with Gasteiger partial charge in [0.2, 0.25) is 0 Å². The lowest BCUT2D eigenvalue weighted by Crippen LogP contribution is -2.27. The monoisotopic (exact) mass is 309 g/mol. The van der Waals surface area contributed by atoms with E-state index >= 15 is 0 Å². The molecule has 0 spiro atoms. The van der Waals surface area contributed by atoms with Crippen LogP contribution >= 0.6 is 0 Å². The van der Waals surface area contributed by atoms with E-state index < -0.39 is 35.1 Å². The molecule has 0 fully saturated rings. The fourth-order valence-electron chi connectivity index (χ4n) is 1.93. The maximum absolute atomic E-state index is 12.7. The summed E-state index contributed by atoms with van der Waals surface area (Å²) in [6, 6.07) is 1.11. The molecular formula is C13H9F6NO. The van der Waals surface area contributed by atoms with Crippen molar-refractivity contribution in [3.63, 3.8) is 0 Å². The average Bonchev–Trinajstić information content (AvgIpc) is 2.67. The topological polar surface area (TPSA) is 20.3 Å². The van der Waals surface area contributed by atoms with Crippen molar-refractivity contribution >= 4 is 11.6 Å². The fourth-order valence-corrected chi connectivity index (χ4v) is 1.93. The fraction of sp³-hybridized carbons (Fsp3) is 0.308.